The molecule has 0 spiro atoms. The van der Waals surface area contributed by atoms with Gasteiger partial charge in [-0.2, -0.15) is 0 Å². The zero-order valence-electron chi connectivity index (χ0n) is 48.3. The average Bonchev–Trinajstić information content (AvgIpc) is 3.92. The molecule has 4 fully saturated rings. The van der Waals surface area contributed by atoms with E-state index in [0.29, 0.717) is 62.4 Å². The number of carbonyl (C=O) groups excluding carboxylic acids is 4. The van der Waals surface area contributed by atoms with Crippen LogP contribution in [0.15, 0.2) is 60.2 Å². The number of aromatic nitrogens is 1. The predicted molar refractivity (Wildman–Crippen MR) is 303 cm³/mol. The quantitative estimate of drug-likeness (QED) is 0.0953. The summed E-state index contributed by atoms with van der Waals surface area (Å²) in [6.45, 7) is 12.8. The molecule has 3 aromatic rings. The SMILES string of the molecule is CCCN(C1CCN(C(=O)CCn2c3c(c4ccccc42)C(C2CCCC2)N(C)N(C)C3)CC1)N(C)[C@H](C)C(=O)O[C@H]1CC(=O)N(C)c2cc(cc(OC)c2Cl)C/C(C)=C/C=C/[C@@H](OC)[C@@]2(O)C[C@H](OC(=O)N2)[C@@H](C)C2O[C@]21C. The number of esters is 1. The molecule has 9 rings (SSSR count). The first kappa shape index (κ1) is 58.6. The minimum Gasteiger partial charge on any atom is -0.495 e. The van der Waals surface area contributed by atoms with Crippen LogP contribution in [0.1, 0.15) is 122 Å². The number of para-hydroxylation sites is 1. The number of likely N-dealkylation sites (N-methyl/N-ethyl adjacent to an activating group) is 1. The van der Waals surface area contributed by atoms with Crippen molar-refractivity contribution in [1.29, 1.82) is 0 Å². The standard InChI is InChI=1S/C60H85ClN8O10/c1-12-27-69(42-24-28-67(29-25-42)51(70)26-30-68-44-22-16-15-21-43(44)53-46(68)36-63(6)66(9)55(53)41-19-13-14-20-41)65(8)39(4)57(72)78-50-34-52(71)64(7)45-32-40(33-47(75-10)54(45)61)31-37(2)18-17-23-49(76-11)60(74)35-48(77-58(73)62-60)38(3)56-59(50,5)79-56/h15-18,21-23,32-33,38-39,41-42,48-50,55-56,74H,12-14,19-20,24-31,34-36H2,1-11H3,(H,62,73)/b23-17+,37-18+/t38-,39-,48+,49-,50+,55?,56?,59+,60+/m1/s1. The molecule has 432 valence electrons. The lowest BCUT2D eigenvalue weighted by Gasteiger charge is -2.44. The molecule has 18 nitrogen and oxygen atoms in total. The fourth-order valence-corrected chi connectivity index (χ4v) is 13.8. The summed E-state index contributed by atoms with van der Waals surface area (Å²) in [7, 11) is 10.9. The van der Waals surface area contributed by atoms with Gasteiger partial charge in [0.15, 0.2) is 5.72 Å². The molecule has 79 heavy (non-hydrogen) atoms. The Morgan fingerprint density at radius 3 is 2.47 bits per heavy atom. The third-order valence-electron chi connectivity index (χ3n) is 18.3. The van der Waals surface area contributed by atoms with Crippen molar-refractivity contribution in [3.05, 3.63) is 82.0 Å². The van der Waals surface area contributed by atoms with Crippen molar-refractivity contribution in [2.45, 2.75) is 172 Å². The second-order valence-electron chi connectivity index (χ2n) is 23.4. The molecule has 2 aromatic carbocycles. The average molecular weight is 1110 g/mol. The van der Waals surface area contributed by atoms with Crippen LogP contribution in [0.25, 0.3) is 10.9 Å². The van der Waals surface area contributed by atoms with E-state index in [2.05, 4.69) is 70.2 Å². The van der Waals surface area contributed by atoms with Gasteiger partial charge in [0, 0.05) is 108 Å². The number of rotatable bonds is 13. The van der Waals surface area contributed by atoms with E-state index in [1.54, 1.807) is 33.0 Å². The summed E-state index contributed by atoms with van der Waals surface area (Å²) < 4.78 is 32.6. The van der Waals surface area contributed by atoms with E-state index in [4.69, 9.17) is 35.3 Å². The first-order chi connectivity index (χ1) is 37.7. The lowest BCUT2D eigenvalue weighted by Crippen LogP contribution is -2.63. The Hall–Kier alpha value is -5.05. The van der Waals surface area contributed by atoms with Crippen LogP contribution in [0.5, 0.6) is 5.75 Å². The van der Waals surface area contributed by atoms with E-state index in [1.807, 2.05) is 49.0 Å². The Labute approximate surface area is 471 Å². The number of methoxy groups -OCH3 is 2. The van der Waals surface area contributed by atoms with Gasteiger partial charge in [-0.25, -0.2) is 24.8 Å². The van der Waals surface area contributed by atoms with E-state index in [-0.39, 0.29) is 35.7 Å². The van der Waals surface area contributed by atoms with Gasteiger partial charge in [-0.1, -0.05) is 80.3 Å². The first-order valence-corrected chi connectivity index (χ1v) is 29.0. The van der Waals surface area contributed by atoms with Gasteiger partial charge in [0.2, 0.25) is 11.8 Å². The molecule has 19 heteroatoms. The highest BCUT2D eigenvalue weighted by Crippen LogP contribution is 2.50. The molecule has 1 aromatic heterocycles. The Balaban J connectivity index is 0.901. The maximum Gasteiger partial charge on any atom is 0.409 e. The molecule has 4 bridgehead atoms. The van der Waals surface area contributed by atoms with Crippen LogP contribution in [0.3, 0.4) is 0 Å². The maximum absolute atomic E-state index is 14.7. The zero-order chi connectivity index (χ0) is 56.7. The van der Waals surface area contributed by atoms with Crippen LogP contribution < -0.4 is 15.0 Å². The van der Waals surface area contributed by atoms with E-state index in [0.717, 1.165) is 36.9 Å². The summed E-state index contributed by atoms with van der Waals surface area (Å²) in [5, 5.41) is 25.1. The Morgan fingerprint density at radius 2 is 1.77 bits per heavy atom. The zero-order valence-corrected chi connectivity index (χ0v) is 49.1. The number of anilines is 1. The highest BCUT2D eigenvalue weighted by molar-refractivity contribution is 6.35. The van der Waals surface area contributed by atoms with E-state index in [1.165, 1.54) is 67.0 Å². The number of benzene rings is 2. The number of halogens is 1. The highest BCUT2D eigenvalue weighted by atomic mass is 35.5. The van der Waals surface area contributed by atoms with Crippen LogP contribution in [0, 0.1) is 11.8 Å². The molecular weight excluding hydrogens is 1030 g/mol. The summed E-state index contributed by atoms with van der Waals surface area (Å²) in [6, 6.07) is 12.0. The van der Waals surface area contributed by atoms with Gasteiger partial charge in [-0.15, -0.1) is 0 Å². The number of piperidine rings is 1. The molecular formula is C60H85ClN8O10. The minimum atomic E-state index is -1.83. The number of epoxide rings is 1. The van der Waals surface area contributed by atoms with E-state index in [9.17, 15) is 24.3 Å². The number of ether oxygens (including phenoxy) is 5. The second kappa shape index (κ2) is 24.2. The van der Waals surface area contributed by atoms with Crippen LogP contribution in [0.2, 0.25) is 5.02 Å². The number of alkyl carbamates (subject to hydrolysis) is 1. The normalized spacial score (nSPS) is 30.1. The minimum absolute atomic E-state index is 0.0382. The van der Waals surface area contributed by atoms with Crippen molar-refractivity contribution < 1.29 is 48.0 Å². The number of carbonyl (C=O) groups is 4. The van der Waals surface area contributed by atoms with E-state index < -0.39 is 59.8 Å². The number of likely N-dealkylation sites (tertiary alicyclic amines) is 1. The lowest BCUT2D eigenvalue weighted by atomic mass is 9.83. The van der Waals surface area contributed by atoms with Gasteiger partial charge in [0.25, 0.3) is 0 Å². The largest absolute Gasteiger partial charge is 0.495 e. The molecule has 1 saturated carbocycles. The molecule has 0 radical (unpaired) electrons. The summed E-state index contributed by atoms with van der Waals surface area (Å²) in [6.07, 6.45) is 8.90. The van der Waals surface area contributed by atoms with Crippen LogP contribution in [-0.2, 0) is 52.8 Å². The molecule has 3 amide bonds. The number of aryl methyl sites for hydroxylation is 1. The second-order valence-corrected chi connectivity index (χ2v) is 23.8. The number of nitrogens with zero attached hydrogens (tertiary/aromatic N) is 7. The van der Waals surface area contributed by atoms with Crippen molar-refractivity contribution in [3.63, 3.8) is 0 Å². The lowest BCUT2D eigenvalue weighted by molar-refractivity contribution is -0.169. The van der Waals surface area contributed by atoms with Gasteiger partial charge in [-0.05, 0) is 89.0 Å². The molecule has 2 N–H and O–H groups in total. The number of hydrazine groups is 2. The first-order valence-electron chi connectivity index (χ1n) is 28.6. The summed E-state index contributed by atoms with van der Waals surface area (Å²) in [5.41, 5.74) is 3.12. The van der Waals surface area contributed by atoms with Crippen molar-refractivity contribution in [2.75, 3.05) is 66.9 Å². The molecule has 6 heterocycles. The summed E-state index contributed by atoms with van der Waals surface area (Å²) in [5.74, 6) is -0.302. The number of allylic oxidation sites excluding steroid dienone is 3. The van der Waals surface area contributed by atoms with Crippen molar-refractivity contribution in [3.8, 4) is 5.75 Å². The van der Waals surface area contributed by atoms with Gasteiger partial charge in [0.1, 0.15) is 40.7 Å². The molecule has 9 atom stereocenters. The predicted octanol–water partition coefficient (Wildman–Crippen LogP) is 8.17. The van der Waals surface area contributed by atoms with Gasteiger partial charge in [0.05, 0.1) is 37.9 Å². The molecule has 5 aliphatic heterocycles. The maximum atomic E-state index is 14.7. The molecule has 1 aliphatic carbocycles. The van der Waals surface area contributed by atoms with Gasteiger partial charge < -0.3 is 43.2 Å². The third kappa shape index (κ3) is 11.9. The monoisotopic (exact) mass is 1110 g/mol. The summed E-state index contributed by atoms with van der Waals surface area (Å²) in [4.78, 5) is 60.2. The summed E-state index contributed by atoms with van der Waals surface area (Å²) >= 11 is 6.93. The van der Waals surface area contributed by atoms with Crippen molar-refractivity contribution in [2.24, 2.45) is 11.8 Å². The van der Waals surface area contributed by atoms with Gasteiger partial charge in [-0.3, -0.25) is 19.7 Å². The van der Waals surface area contributed by atoms with Crippen LogP contribution in [0.4, 0.5) is 10.5 Å². The number of hydrogen-bond donors (Lipinski definition) is 2. The number of hydrogen-bond acceptors (Lipinski definition) is 14. The fraction of sp³-hybridized carbons (Fsp3) is 0.633. The fourth-order valence-electron chi connectivity index (χ4n) is 13.5. The Bertz CT molecular complexity index is 2790. The van der Waals surface area contributed by atoms with Crippen LogP contribution >= 0.6 is 11.6 Å². The van der Waals surface area contributed by atoms with Crippen LogP contribution in [-0.4, -0.2) is 168 Å². The number of aliphatic hydroxyl groups is 1. The van der Waals surface area contributed by atoms with Gasteiger partial charge >= 0.3 is 12.1 Å². The smallest absolute Gasteiger partial charge is 0.409 e. The Kier molecular flexibility index (Phi) is 17.9. The van der Waals surface area contributed by atoms with E-state index >= 15 is 0 Å². The third-order valence-corrected chi connectivity index (χ3v) is 18.7. The number of amides is 3. The molecule has 3 saturated heterocycles. The van der Waals surface area contributed by atoms with Crippen molar-refractivity contribution >= 4 is 52.1 Å². The molecule has 2 unspecified atom stereocenters. The number of nitrogens with one attached hydrogen (secondary N) is 1. The van der Waals surface area contributed by atoms with Crippen molar-refractivity contribution in [1.82, 2.24) is 34.8 Å². The Morgan fingerprint density at radius 1 is 1.05 bits per heavy atom. The number of fused-ring (bicyclic) bond motifs is 8. The highest BCUT2D eigenvalue weighted by Gasteiger charge is 2.64. The molecule has 6 aliphatic rings. The topological polar surface area (TPSA) is 174 Å².